The highest BCUT2D eigenvalue weighted by Crippen LogP contribution is 2.38. The molecular weight excluding hydrogens is 226 g/mol. The van der Waals surface area contributed by atoms with Gasteiger partial charge in [-0.1, -0.05) is 13.8 Å². The fourth-order valence-electron chi connectivity index (χ4n) is 2.19. The molecule has 0 aliphatic carbocycles. The van der Waals surface area contributed by atoms with Gasteiger partial charge in [-0.15, -0.1) is 0 Å². The quantitative estimate of drug-likeness (QED) is 0.831. The van der Waals surface area contributed by atoms with Crippen LogP contribution in [0, 0.1) is 5.92 Å². The second kappa shape index (κ2) is 4.23. The zero-order valence-electron chi connectivity index (χ0n) is 11.3. The summed E-state index contributed by atoms with van der Waals surface area (Å²) in [6.45, 7) is 7.70. The monoisotopic (exact) mass is 245 g/mol. The first-order valence-corrected chi connectivity index (χ1v) is 6.38. The second-order valence-electron chi connectivity index (χ2n) is 5.51. The lowest BCUT2D eigenvalue weighted by Crippen LogP contribution is -2.27. The molecule has 0 fully saturated rings. The molecule has 96 valence electrons. The van der Waals surface area contributed by atoms with E-state index in [1.165, 1.54) is 0 Å². The first-order valence-electron chi connectivity index (χ1n) is 6.38. The molecule has 0 saturated carbocycles. The van der Waals surface area contributed by atoms with E-state index in [2.05, 4.69) is 5.32 Å². The van der Waals surface area contributed by atoms with Crippen LogP contribution in [0.2, 0.25) is 0 Å². The van der Waals surface area contributed by atoms with Gasteiger partial charge in [0, 0.05) is 17.2 Å². The van der Waals surface area contributed by atoms with Gasteiger partial charge < -0.3 is 5.32 Å². The summed E-state index contributed by atoms with van der Waals surface area (Å²) in [5.41, 5.74) is 1.89. The van der Waals surface area contributed by atoms with Crippen LogP contribution in [-0.4, -0.2) is 11.7 Å². The minimum Gasteiger partial charge on any atom is -0.325 e. The number of fused-ring (bicyclic) bond motifs is 1. The van der Waals surface area contributed by atoms with Gasteiger partial charge in [-0.05, 0) is 44.0 Å². The topological polar surface area (TPSA) is 46.2 Å². The lowest BCUT2D eigenvalue weighted by molar-refractivity contribution is -0.119. The maximum absolute atomic E-state index is 12.2. The third-order valence-electron chi connectivity index (χ3n) is 3.85. The van der Waals surface area contributed by atoms with Crippen LogP contribution in [0.5, 0.6) is 0 Å². The standard InChI is InChI=1S/C15H19NO2/c1-5-9(2)13(17)10-6-7-12-11(8-10)15(3,4)14(18)16-12/h6-9H,5H2,1-4H3,(H,16,18). The first-order chi connectivity index (χ1) is 8.37. The summed E-state index contributed by atoms with van der Waals surface area (Å²) in [5.74, 6) is 0.164. The number of nitrogens with one attached hydrogen (secondary N) is 1. The van der Waals surface area contributed by atoms with Crippen molar-refractivity contribution in [3.8, 4) is 0 Å². The molecule has 1 amide bonds. The van der Waals surface area contributed by atoms with Crippen LogP contribution in [-0.2, 0) is 10.2 Å². The van der Waals surface area contributed by atoms with Crippen LogP contribution in [0.25, 0.3) is 0 Å². The van der Waals surface area contributed by atoms with Gasteiger partial charge in [-0.3, -0.25) is 9.59 Å². The highest BCUT2D eigenvalue weighted by atomic mass is 16.2. The van der Waals surface area contributed by atoms with Crippen molar-refractivity contribution in [1.29, 1.82) is 0 Å². The van der Waals surface area contributed by atoms with Gasteiger partial charge >= 0.3 is 0 Å². The first kappa shape index (κ1) is 12.8. The van der Waals surface area contributed by atoms with Crippen LogP contribution < -0.4 is 5.32 Å². The summed E-state index contributed by atoms with van der Waals surface area (Å²) in [4.78, 5) is 24.0. The van der Waals surface area contributed by atoms with Crippen molar-refractivity contribution in [2.45, 2.75) is 39.5 Å². The smallest absolute Gasteiger partial charge is 0.234 e. The molecule has 2 rings (SSSR count). The summed E-state index contributed by atoms with van der Waals surface area (Å²) in [5, 5.41) is 2.85. The predicted molar refractivity (Wildman–Crippen MR) is 71.9 cm³/mol. The minimum absolute atomic E-state index is 0.00867. The van der Waals surface area contributed by atoms with Crippen molar-refractivity contribution in [1.82, 2.24) is 0 Å². The molecule has 1 heterocycles. The normalized spacial score (nSPS) is 18.1. The van der Waals surface area contributed by atoms with Crippen molar-refractivity contribution in [2.24, 2.45) is 5.92 Å². The van der Waals surface area contributed by atoms with Gasteiger partial charge in [0.05, 0.1) is 5.41 Å². The Kier molecular flexibility index (Phi) is 3.01. The van der Waals surface area contributed by atoms with E-state index in [9.17, 15) is 9.59 Å². The van der Waals surface area contributed by atoms with Crippen LogP contribution >= 0.6 is 0 Å². The summed E-state index contributed by atoms with van der Waals surface area (Å²) in [7, 11) is 0. The SMILES string of the molecule is CCC(C)C(=O)c1ccc2c(c1)C(C)(C)C(=O)N2. The summed E-state index contributed by atoms with van der Waals surface area (Å²) in [6.07, 6.45) is 0.830. The summed E-state index contributed by atoms with van der Waals surface area (Å²) >= 11 is 0. The third kappa shape index (κ3) is 1.84. The Morgan fingerprint density at radius 3 is 2.67 bits per heavy atom. The molecule has 1 aliphatic rings. The fourth-order valence-corrected chi connectivity index (χ4v) is 2.19. The van der Waals surface area contributed by atoms with Gasteiger partial charge in [-0.25, -0.2) is 0 Å². The number of hydrogen-bond donors (Lipinski definition) is 1. The lowest BCUT2D eigenvalue weighted by atomic mass is 9.84. The zero-order chi connectivity index (χ0) is 13.5. The van der Waals surface area contributed by atoms with E-state index in [4.69, 9.17) is 0 Å². The van der Waals surface area contributed by atoms with Crippen LogP contribution in [0.1, 0.15) is 50.0 Å². The third-order valence-corrected chi connectivity index (χ3v) is 3.85. The van der Waals surface area contributed by atoms with Gasteiger partial charge in [0.15, 0.2) is 5.78 Å². The van der Waals surface area contributed by atoms with Crippen molar-refractivity contribution in [2.75, 3.05) is 5.32 Å². The van der Waals surface area contributed by atoms with E-state index >= 15 is 0 Å². The average molecular weight is 245 g/mol. The Balaban J connectivity index is 2.43. The molecule has 0 aromatic heterocycles. The van der Waals surface area contributed by atoms with E-state index < -0.39 is 5.41 Å². The largest absolute Gasteiger partial charge is 0.325 e. The Hall–Kier alpha value is -1.64. The number of rotatable bonds is 3. The number of benzene rings is 1. The Bertz CT molecular complexity index is 517. The molecular formula is C15H19NO2. The molecule has 1 aliphatic heterocycles. The number of anilines is 1. The van der Waals surface area contributed by atoms with E-state index in [0.717, 1.165) is 17.7 Å². The molecule has 3 nitrogen and oxygen atoms in total. The number of carbonyl (C=O) groups is 2. The average Bonchev–Trinajstić information content (AvgIpc) is 2.58. The van der Waals surface area contributed by atoms with Crippen molar-refractivity contribution in [3.05, 3.63) is 29.3 Å². The van der Waals surface area contributed by atoms with Crippen LogP contribution in [0.3, 0.4) is 0 Å². The van der Waals surface area contributed by atoms with Crippen LogP contribution in [0.4, 0.5) is 5.69 Å². The predicted octanol–water partition coefficient (Wildman–Crippen LogP) is 3.15. The number of amides is 1. The Labute approximate surface area is 108 Å². The maximum Gasteiger partial charge on any atom is 0.234 e. The number of carbonyl (C=O) groups excluding carboxylic acids is 2. The maximum atomic E-state index is 12.2. The second-order valence-corrected chi connectivity index (χ2v) is 5.51. The molecule has 0 radical (unpaired) electrons. The number of Topliss-reactive ketones (excluding diaryl/α,β-unsaturated/α-hetero) is 1. The lowest BCUT2D eigenvalue weighted by Gasteiger charge is -2.16. The van der Waals surface area contributed by atoms with E-state index in [1.807, 2.05) is 39.8 Å². The van der Waals surface area contributed by atoms with Gasteiger partial charge in [0.2, 0.25) is 5.91 Å². The minimum atomic E-state index is -0.554. The summed E-state index contributed by atoms with van der Waals surface area (Å²) < 4.78 is 0. The Morgan fingerprint density at radius 2 is 2.06 bits per heavy atom. The number of hydrogen-bond acceptors (Lipinski definition) is 2. The molecule has 0 saturated heterocycles. The zero-order valence-corrected chi connectivity index (χ0v) is 11.3. The molecule has 1 aromatic carbocycles. The molecule has 0 spiro atoms. The number of ketones is 1. The molecule has 1 unspecified atom stereocenters. The van der Waals surface area contributed by atoms with E-state index in [0.29, 0.717) is 5.56 Å². The molecule has 1 aromatic rings. The van der Waals surface area contributed by atoms with E-state index in [1.54, 1.807) is 6.07 Å². The van der Waals surface area contributed by atoms with Gasteiger partial charge in [0.1, 0.15) is 0 Å². The molecule has 3 heteroatoms. The molecule has 1 atom stereocenters. The van der Waals surface area contributed by atoms with Crippen molar-refractivity contribution >= 4 is 17.4 Å². The van der Waals surface area contributed by atoms with Gasteiger partial charge in [0.25, 0.3) is 0 Å². The molecule has 18 heavy (non-hydrogen) atoms. The highest BCUT2D eigenvalue weighted by Gasteiger charge is 2.38. The molecule has 1 N–H and O–H groups in total. The highest BCUT2D eigenvalue weighted by molar-refractivity contribution is 6.07. The summed E-state index contributed by atoms with van der Waals surface area (Å²) in [6, 6.07) is 5.49. The van der Waals surface area contributed by atoms with Crippen molar-refractivity contribution in [3.63, 3.8) is 0 Å². The van der Waals surface area contributed by atoms with E-state index in [-0.39, 0.29) is 17.6 Å². The van der Waals surface area contributed by atoms with Gasteiger partial charge in [-0.2, -0.15) is 0 Å². The fraction of sp³-hybridized carbons (Fsp3) is 0.467. The molecule has 0 bridgehead atoms. The Morgan fingerprint density at radius 1 is 1.39 bits per heavy atom. The van der Waals surface area contributed by atoms with Crippen molar-refractivity contribution < 1.29 is 9.59 Å². The van der Waals surface area contributed by atoms with Crippen LogP contribution in [0.15, 0.2) is 18.2 Å².